The van der Waals surface area contributed by atoms with Gasteiger partial charge in [-0.3, -0.25) is 4.79 Å². The minimum Gasteiger partial charge on any atom is -0.349 e. The van der Waals surface area contributed by atoms with Crippen LogP contribution in [0.4, 0.5) is 0 Å². The number of aromatic nitrogens is 3. The Bertz CT molecular complexity index is 971. The summed E-state index contributed by atoms with van der Waals surface area (Å²) in [6, 6.07) is 2.01. The third kappa shape index (κ3) is 2.81. The van der Waals surface area contributed by atoms with Crippen LogP contribution < -0.4 is 0 Å². The van der Waals surface area contributed by atoms with Gasteiger partial charge in [-0.2, -0.15) is 0 Å². The molecule has 0 radical (unpaired) electrons. The fraction of sp³-hybridized carbons (Fsp3) is 0.421. The second-order valence-corrected chi connectivity index (χ2v) is 8.50. The monoisotopic (exact) mass is 371 g/mol. The molecule has 6 heteroatoms. The van der Waals surface area contributed by atoms with Crippen molar-refractivity contribution in [2.45, 2.75) is 51.6 Å². The standard InChI is InChI=1S/C19H21N3OS2/c1-4-22-11(2)8-14(12(22)3)15(23)9-24-18-17-13-6-5-7-16(13)25-19(17)21-10-20-18/h8,10H,4-7,9H2,1-3H3. The summed E-state index contributed by atoms with van der Waals surface area (Å²) in [5.41, 5.74) is 4.47. The Kier molecular flexibility index (Phi) is 4.41. The molecule has 0 N–H and O–H groups in total. The average Bonchev–Trinajstić information content (AvgIpc) is 3.25. The highest BCUT2D eigenvalue weighted by atomic mass is 32.2. The Morgan fingerprint density at radius 1 is 1.32 bits per heavy atom. The minimum absolute atomic E-state index is 0.177. The molecule has 0 saturated heterocycles. The molecular weight excluding hydrogens is 350 g/mol. The molecule has 0 atom stereocenters. The van der Waals surface area contributed by atoms with Crippen LogP contribution in [0.25, 0.3) is 10.2 Å². The number of hydrogen-bond donors (Lipinski definition) is 0. The molecule has 0 amide bonds. The number of hydrogen-bond acceptors (Lipinski definition) is 5. The second kappa shape index (κ2) is 6.57. The SMILES string of the molecule is CCn1c(C)cc(C(=O)CSc2ncnc3sc4c(c23)CCC4)c1C. The van der Waals surface area contributed by atoms with Crippen molar-refractivity contribution in [3.05, 3.63) is 39.8 Å². The molecule has 4 rings (SSSR count). The molecular formula is C19H21N3OS2. The summed E-state index contributed by atoms with van der Waals surface area (Å²) in [5, 5.41) is 2.15. The molecule has 3 aromatic rings. The van der Waals surface area contributed by atoms with Crippen molar-refractivity contribution < 1.29 is 4.79 Å². The molecule has 0 aromatic carbocycles. The van der Waals surface area contributed by atoms with Crippen LogP contribution in [0.2, 0.25) is 0 Å². The van der Waals surface area contributed by atoms with E-state index in [0.29, 0.717) is 5.75 Å². The smallest absolute Gasteiger partial charge is 0.174 e. The first-order valence-electron chi connectivity index (χ1n) is 8.68. The van der Waals surface area contributed by atoms with Crippen LogP contribution >= 0.6 is 23.1 Å². The van der Waals surface area contributed by atoms with Gasteiger partial charge in [0, 0.05) is 33.8 Å². The van der Waals surface area contributed by atoms with Gasteiger partial charge in [-0.05, 0) is 51.7 Å². The van der Waals surface area contributed by atoms with E-state index in [4.69, 9.17) is 0 Å². The van der Waals surface area contributed by atoms with Crippen LogP contribution in [0, 0.1) is 13.8 Å². The zero-order chi connectivity index (χ0) is 17.6. The lowest BCUT2D eigenvalue weighted by molar-refractivity contribution is 0.102. The van der Waals surface area contributed by atoms with E-state index in [0.717, 1.165) is 46.2 Å². The molecule has 0 saturated carbocycles. The van der Waals surface area contributed by atoms with Gasteiger partial charge in [-0.15, -0.1) is 11.3 Å². The normalized spacial score (nSPS) is 13.6. The van der Waals surface area contributed by atoms with E-state index in [1.54, 1.807) is 29.4 Å². The van der Waals surface area contributed by atoms with Crippen LogP contribution in [0.3, 0.4) is 0 Å². The van der Waals surface area contributed by atoms with Gasteiger partial charge in [0.2, 0.25) is 0 Å². The maximum atomic E-state index is 12.8. The Morgan fingerprint density at radius 3 is 2.92 bits per heavy atom. The topological polar surface area (TPSA) is 47.8 Å². The predicted molar refractivity (Wildman–Crippen MR) is 104 cm³/mol. The molecule has 25 heavy (non-hydrogen) atoms. The van der Waals surface area contributed by atoms with Crippen molar-refractivity contribution in [3.8, 4) is 0 Å². The zero-order valence-corrected chi connectivity index (χ0v) is 16.4. The van der Waals surface area contributed by atoms with E-state index in [-0.39, 0.29) is 5.78 Å². The van der Waals surface area contributed by atoms with Crippen LogP contribution in [0.15, 0.2) is 17.4 Å². The van der Waals surface area contributed by atoms with Crippen molar-refractivity contribution in [1.29, 1.82) is 0 Å². The first-order valence-corrected chi connectivity index (χ1v) is 10.5. The number of aryl methyl sites for hydroxylation is 3. The summed E-state index contributed by atoms with van der Waals surface area (Å²) >= 11 is 3.34. The Balaban J connectivity index is 1.60. The van der Waals surface area contributed by atoms with Crippen LogP contribution in [0.1, 0.15) is 45.5 Å². The first-order chi connectivity index (χ1) is 12.1. The largest absolute Gasteiger partial charge is 0.349 e. The maximum absolute atomic E-state index is 12.8. The van der Waals surface area contributed by atoms with Crippen molar-refractivity contribution >= 4 is 39.1 Å². The number of thioether (sulfide) groups is 1. The predicted octanol–water partition coefficient (Wildman–Crippen LogP) is 4.59. The Labute approximate surface area is 155 Å². The van der Waals surface area contributed by atoms with E-state index in [1.807, 2.05) is 13.0 Å². The molecule has 0 spiro atoms. The van der Waals surface area contributed by atoms with Gasteiger partial charge in [0.1, 0.15) is 16.2 Å². The van der Waals surface area contributed by atoms with Gasteiger partial charge >= 0.3 is 0 Å². The molecule has 1 aliphatic carbocycles. The van der Waals surface area contributed by atoms with Gasteiger partial charge in [-0.25, -0.2) is 9.97 Å². The van der Waals surface area contributed by atoms with E-state index in [9.17, 15) is 4.79 Å². The van der Waals surface area contributed by atoms with Gasteiger partial charge in [-0.1, -0.05) is 11.8 Å². The minimum atomic E-state index is 0.177. The zero-order valence-electron chi connectivity index (χ0n) is 14.8. The van der Waals surface area contributed by atoms with Gasteiger partial charge in [0.25, 0.3) is 0 Å². The number of thiophene rings is 1. The lowest BCUT2D eigenvalue weighted by Crippen LogP contribution is -2.06. The summed E-state index contributed by atoms with van der Waals surface area (Å²) in [7, 11) is 0. The van der Waals surface area contributed by atoms with Crippen LogP contribution in [-0.2, 0) is 19.4 Å². The van der Waals surface area contributed by atoms with Crippen LogP contribution in [-0.4, -0.2) is 26.1 Å². The fourth-order valence-electron chi connectivity index (χ4n) is 3.79. The number of Topliss-reactive ketones (excluding diaryl/α,β-unsaturated/α-hetero) is 1. The number of carbonyl (C=O) groups is 1. The molecule has 0 unspecified atom stereocenters. The number of rotatable bonds is 5. The summed E-state index contributed by atoms with van der Waals surface area (Å²) in [6.07, 6.45) is 5.12. The molecule has 3 aromatic heterocycles. The lowest BCUT2D eigenvalue weighted by atomic mass is 10.2. The Hall–Kier alpha value is -1.66. The van der Waals surface area contributed by atoms with E-state index in [2.05, 4.69) is 28.4 Å². The second-order valence-electron chi connectivity index (χ2n) is 6.46. The highest BCUT2D eigenvalue weighted by Gasteiger charge is 2.22. The lowest BCUT2D eigenvalue weighted by Gasteiger charge is -2.06. The molecule has 3 heterocycles. The molecule has 0 aliphatic heterocycles. The molecule has 4 nitrogen and oxygen atoms in total. The van der Waals surface area contributed by atoms with E-state index in [1.165, 1.54) is 22.2 Å². The van der Waals surface area contributed by atoms with Gasteiger partial charge in [0.15, 0.2) is 5.78 Å². The molecule has 1 aliphatic rings. The summed E-state index contributed by atoms with van der Waals surface area (Å²) in [6.45, 7) is 7.09. The average molecular weight is 372 g/mol. The highest BCUT2D eigenvalue weighted by molar-refractivity contribution is 8.00. The quantitative estimate of drug-likeness (QED) is 0.374. The van der Waals surface area contributed by atoms with Crippen molar-refractivity contribution in [1.82, 2.24) is 14.5 Å². The van der Waals surface area contributed by atoms with Crippen LogP contribution in [0.5, 0.6) is 0 Å². The van der Waals surface area contributed by atoms with Gasteiger partial charge < -0.3 is 4.57 Å². The van der Waals surface area contributed by atoms with E-state index < -0.39 is 0 Å². The number of nitrogens with zero attached hydrogens (tertiary/aromatic N) is 3. The third-order valence-electron chi connectivity index (χ3n) is 5.00. The third-order valence-corrected chi connectivity index (χ3v) is 7.19. The molecule has 0 bridgehead atoms. The van der Waals surface area contributed by atoms with Crippen molar-refractivity contribution in [3.63, 3.8) is 0 Å². The maximum Gasteiger partial charge on any atom is 0.174 e. The summed E-state index contributed by atoms with van der Waals surface area (Å²) in [5.74, 6) is 0.599. The summed E-state index contributed by atoms with van der Waals surface area (Å²) in [4.78, 5) is 24.2. The molecule has 0 fully saturated rings. The number of ketones is 1. The highest BCUT2D eigenvalue weighted by Crippen LogP contribution is 2.40. The first kappa shape index (κ1) is 16.8. The van der Waals surface area contributed by atoms with E-state index >= 15 is 0 Å². The summed E-state index contributed by atoms with van der Waals surface area (Å²) < 4.78 is 2.19. The molecule has 130 valence electrons. The van der Waals surface area contributed by atoms with Crippen molar-refractivity contribution in [2.24, 2.45) is 0 Å². The van der Waals surface area contributed by atoms with Gasteiger partial charge in [0.05, 0.1) is 5.75 Å². The number of fused-ring (bicyclic) bond motifs is 3. The van der Waals surface area contributed by atoms with Crippen molar-refractivity contribution in [2.75, 3.05) is 5.75 Å². The fourth-order valence-corrected chi connectivity index (χ4v) is 5.99. The number of carbonyl (C=O) groups excluding carboxylic acids is 1. The Morgan fingerprint density at radius 2 is 2.16 bits per heavy atom.